The van der Waals surface area contributed by atoms with Gasteiger partial charge in [-0.1, -0.05) is 24.3 Å². The van der Waals surface area contributed by atoms with Gasteiger partial charge in [0.2, 0.25) is 0 Å². The van der Waals surface area contributed by atoms with Gasteiger partial charge in [0.1, 0.15) is 0 Å². The van der Waals surface area contributed by atoms with Crippen molar-refractivity contribution >= 4 is 86.0 Å². The molecule has 0 atom stereocenters. The first kappa shape index (κ1) is 19.4. The van der Waals surface area contributed by atoms with Crippen LogP contribution in [0, 0.1) is 0 Å². The predicted molar refractivity (Wildman–Crippen MR) is 126 cm³/mol. The Morgan fingerprint density at radius 2 is 1.22 bits per heavy atom. The summed E-state index contributed by atoms with van der Waals surface area (Å²) in [4.78, 5) is 0. The van der Waals surface area contributed by atoms with Crippen LogP contribution in [0.2, 0.25) is 0 Å². The minimum absolute atomic E-state index is 0.780. The number of hydrogen-bond acceptors (Lipinski definition) is 2. The van der Waals surface area contributed by atoms with Gasteiger partial charge in [-0.25, -0.2) is 0 Å². The Labute approximate surface area is 178 Å². The predicted octanol–water partition coefficient (Wildman–Crippen LogP) is 6.59. The van der Waals surface area contributed by atoms with E-state index in [0.717, 1.165) is 24.5 Å². The average molecular weight is 538 g/mol. The normalized spacial score (nSPS) is 14.3. The van der Waals surface area contributed by atoms with E-state index in [9.17, 15) is 0 Å². The van der Waals surface area contributed by atoms with E-state index in [2.05, 4.69) is 47.1 Å². The first-order valence-electron chi connectivity index (χ1n) is 8.47. The first-order valence-corrected chi connectivity index (χ1v) is 20.3. The van der Waals surface area contributed by atoms with E-state index in [-0.39, 0.29) is 0 Å². The van der Waals surface area contributed by atoms with E-state index in [0.29, 0.717) is 0 Å². The van der Waals surface area contributed by atoms with Crippen molar-refractivity contribution in [3.05, 3.63) is 81.1 Å². The summed E-state index contributed by atoms with van der Waals surface area (Å²) in [6, 6.07) is 12.3. The molecule has 0 spiro atoms. The first-order chi connectivity index (χ1) is 13.2. The fourth-order valence-corrected chi connectivity index (χ4v) is 17.4. The molecule has 2 aliphatic rings. The van der Waals surface area contributed by atoms with Crippen molar-refractivity contribution in [2.45, 2.75) is 0 Å². The van der Waals surface area contributed by atoms with Gasteiger partial charge in [0.25, 0.3) is 0 Å². The zero-order valence-corrected chi connectivity index (χ0v) is 20.3. The summed E-state index contributed by atoms with van der Waals surface area (Å²) in [6.07, 6.45) is 8.40. The molecule has 0 saturated carbocycles. The van der Waals surface area contributed by atoms with Gasteiger partial charge in [0.15, 0.2) is 0 Å². The van der Waals surface area contributed by atoms with E-state index in [1.54, 1.807) is 22.7 Å². The van der Waals surface area contributed by atoms with Gasteiger partial charge < -0.3 is 10.6 Å². The van der Waals surface area contributed by atoms with Gasteiger partial charge in [0, 0.05) is 0 Å². The van der Waals surface area contributed by atoms with Crippen LogP contribution in [0.5, 0.6) is 0 Å². The second kappa shape index (κ2) is 8.62. The number of nitrogens with zero attached hydrogens (tertiary/aromatic N) is 2. The molecular formula is C20H16Cl2N2S2Sn-2. The molecular weight excluding hydrogens is 522 g/mol. The monoisotopic (exact) mass is 538 g/mol. The van der Waals surface area contributed by atoms with Crippen LogP contribution in [0.25, 0.3) is 22.8 Å². The SMILES string of the molecule is C1=Cc2ccc3c(c2[N-]C1)[N-]CC=C3.[Cl][Sn]([Cl])([c]1cccs1)[c]1cccs1. The molecule has 2 nitrogen and oxygen atoms in total. The number of rotatable bonds is 2. The van der Waals surface area contributed by atoms with Crippen molar-refractivity contribution in [1.82, 2.24) is 0 Å². The van der Waals surface area contributed by atoms with Gasteiger partial charge in [-0.05, 0) is 11.1 Å². The molecule has 138 valence electrons. The number of benzene rings is 1. The Bertz CT molecular complexity index is 887. The zero-order chi connectivity index (χ0) is 18.7. The topological polar surface area (TPSA) is 28.2 Å². The maximum atomic E-state index is 6.47. The Hall–Kier alpha value is -0.921. The van der Waals surface area contributed by atoms with E-state index in [1.807, 2.05) is 35.0 Å². The number of thiophene rings is 2. The summed E-state index contributed by atoms with van der Waals surface area (Å²) >= 11 is 0.192. The molecule has 3 aromatic rings. The molecule has 7 heteroatoms. The van der Waals surface area contributed by atoms with Gasteiger partial charge in [-0.3, -0.25) is 0 Å². The Balaban J connectivity index is 0.000000134. The van der Waals surface area contributed by atoms with Gasteiger partial charge in [-0.2, -0.15) is 0 Å². The number of fused-ring (bicyclic) bond motifs is 3. The van der Waals surface area contributed by atoms with Crippen molar-refractivity contribution in [1.29, 1.82) is 0 Å². The van der Waals surface area contributed by atoms with Crippen molar-refractivity contribution < 1.29 is 0 Å². The van der Waals surface area contributed by atoms with Crippen molar-refractivity contribution in [2.75, 3.05) is 13.1 Å². The van der Waals surface area contributed by atoms with E-state index in [4.69, 9.17) is 17.8 Å². The van der Waals surface area contributed by atoms with Crippen LogP contribution in [0.4, 0.5) is 11.4 Å². The fraction of sp³-hybridized carbons (Fsp3) is 0.100. The molecule has 0 saturated heterocycles. The summed E-state index contributed by atoms with van der Waals surface area (Å²) in [7, 11) is 12.9. The van der Waals surface area contributed by atoms with Crippen LogP contribution < -0.4 is 5.79 Å². The molecule has 0 radical (unpaired) electrons. The molecule has 27 heavy (non-hydrogen) atoms. The molecule has 5 rings (SSSR count). The number of halogens is 2. The van der Waals surface area contributed by atoms with Gasteiger partial charge in [-0.15, -0.1) is 36.6 Å². The molecule has 0 fully saturated rings. The molecule has 0 N–H and O–H groups in total. The molecule has 2 aromatic heterocycles. The summed E-state index contributed by atoms with van der Waals surface area (Å²) in [5, 5.41) is 13.0. The quantitative estimate of drug-likeness (QED) is 0.330. The molecule has 0 bridgehead atoms. The van der Waals surface area contributed by atoms with Crippen LogP contribution in [-0.4, -0.2) is 29.2 Å². The maximum absolute atomic E-state index is 6.47. The van der Waals surface area contributed by atoms with Crippen LogP contribution in [0.3, 0.4) is 0 Å². The Morgan fingerprint density at radius 1 is 0.741 bits per heavy atom. The van der Waals surface area contributed by atoms with Crippen LogP contribution in [0.1, 0.15) is 11.1 Å². The molecule has 4 heterocycles. The fourth-order valence-electron chi connectivity index (χ4n) is 2.90. The second-order valence-corrected chi connectivity index (χ2v) is 25.2. The Kier molecular flexibility index (Phi) is 6.19. The van der Waals surface area contributed by atoms with Crippen molar-refractivity contribution in [3.8, 4) is 0 Å². The van der Waals surface area contributed by atoms with Crippen LogP contribution in [-0.2, 0) is 0 Å². The van der Waals surface area contributed by atoms with Crippen molar-refractivity contribution in [2.24, 2.45) is 0 Å². The summed E-state index contributed by atoms with van der Waals surface area (Å²) in [5.74, 6) is 0. The summed E-state index contributed by atoms with van der Waals surface area (Å²) < 4.78 is 2.36. The Morgan fingerprint density at radius 3 is 1.63 bits per heavy atom. The molecule has 1 aromatic carbocycles. The molecule has 0 amide bonds. The average Bonchev–Trinajstić information content (AvgIpc) is 3.43. The van der Waals surface area contributed by atoms with Gasteiger partial charge >= 0.3 is 97.5 Å². The standard InChI is InChI=1S/C12H10N2.2C4H3S.2ClH.Sn/c1-3-9-5-6-10-4-2-8-14-12(10)11(9)13-7-1;2*1-2-4-5-3-1;;;/h1-6H,7-8H2;2*1-3H;2*1H;/q-2;;;;;+2/p-2. The molecule has 2 aliphatic heterocycles. The number of hydrogen-bond donors (Lipinski definition) is 0. The van der Waals surface area contributed by atoms with Crippen LogP contribution >= 0.6 is 40.5 Å². The van der Waals surface area contributed by atoms with Crippen LogP contribution in [0.15, 0.2) is 59.3 Å². The third-order valence-corrected chi connectivity index (χ3v) is 24.6. The second-order valence-electron chi connectivity index (χ2n) is 5.96. The van der Waals surface area contributed by atoms with Crippen molar-refractivity contribution in [3.63, 3.8) is 0 Å². The summed E-state index contributed by atoms with van der Waals surface area (Å²) in [5.41, 5.74) is 4.51. The third-order valence-electron chi connectivity index (χ3n) is 4.18. The third kappa shape index (κ3) is 4.25. The summed E-state index contributed by atoms with van der Waals surface area (Å²) in [6.45, 7) is 1.56. The molecule has 0 aliphatic carbocycles. The van der Waals surface area contributed by atoms with E-state index < -0.39 is 16.1 Å². The van der Waals surface area contributed by atoms with E-state index >= 15 is 0 Å². The van der Waals surface area contributed by atoms with Gasteiger partial charge in [0.05, 0.1) is 0 Å². The zero-order valence-electron chi connectivity index (χ0n) is 14.3. The minimum atomic E-state index is -3.14. The molecule has 0 unspecified atom stereocenters. The van der Waals surface area contributed by atoms with E-state index in [1.165, 1.54) is 16.9 Å².